The fourth-order valence-corrected chi connectivity index (χ4v) is 1.07. The van der Waals surface area contributed by atoms with Gasteiger partial charge in [-0.25, -0.2) is 0 Å². The Morgan fingerprint density at radius 3 is 2.62 bits per heavy atom. The Kier molecular flexibility index (Phi) is 3.65. The van der Waals surface area contributed by atoms with Crippen LogP contribution in [0.5, 0.6) is 0 Å². The third-order valence-corrected chi connectivity index (χ3v) is 1.74. The van der Waals surface area contributed by atoms with E-state index in [9.17, 15) is 23.3 Å². The summed E-state index contributed by atoms with van der Waals surface area (Å²) < 4.78 is 35.4. The highest BCUT2D eigenvalue weighted by atomic mass is 19.4. The fraction of sp³-hybridized carbons (Fsp3) is 0.200. The largest absolute Gasteiger partial charge is 0.392 e. The summed E-state index contributed by atoms with van der Waals surface area (Å²) >= 11 is 0. The van der Waals surface area contributed by atoms with Gasteiger partial charge in [-0.2, -0.15) is 13.2 Å². The van der Waals surface area contributed by atoms with Gasteiger partial charge in [0.25, 0.3) is 5.69 Å². The molecule has 0 bridgehead atoms. The second kappa shape index (κ2) is 4.78. The van der Waals surface area contributed by atoms with Crippen LogP contribution >= 0.6 is 0 Å². The summed E-state index contributed by atoms with van der Waals surface area (Å²) in [5.74, 6) is 0. The van der Waals surface area contributed by atoms with Crippen molar-refractivity contribution in [3.8, 4) is 0 Å². The lowest BCUT2D eigenvalue weighted by molar-refractivity contribution is -0.384. The van der Waals surface area contributed by atoms with Crippen LogP contribution in [0.2, 0.25) is 0 Å². The van der Waals surface area contributed by atoms with Crippen molar-refractivity contribution in [2.24, 2.45) is 0 Å². The zero-order chi connectivity index (χ0) is 12.2. The van der Waals surface area contributed by atoms with Gasteiger partial charge >= 0.3 is 6.18 Å². The average Bonchev–Trinajstić information content (AvgIpc) is 2.16. The Bertz CT molecular complexity index is 413. The van der Waals surface area contributed by atoms with Crippen LogP contribution in [0.15, 0.2) is 30.3 Å². The van der Waals surface area contributed by atoms with Gasteiger partial charge in [0.1, 0.15) is 0 Å². The van der Waals surface area contributed by atoms with Crippen molar-refractivity contribution >= 4 is 11.8 Å². The minimum Gasteiger partial charge on any atom is -0.258 e. The van der Waals surface area contributed by atoms with Gasteiger partial charge in [-0.15, -0.1) is 0 Å². The number of hydrogen-bond acceptors (Lipinski definition) is 2. The van der Waals surface area contributed by atoms with Gasteiger partial charge < -0.3 is 0 Å². The van der Waals surface area contributed by atoms with Crippen molar-refractivity contribution in [2.45, 2.75) is 12.6 Å². The number of allylic oxidation sites excluding steroid dienone is 1. The van der Waals surface area contributed by atoms with Crippen molar-refractivity contribution in [1.29, 1.82) is 0 Å². The van der Waals surface area contributed by atoms with E-state index in [-0.39, 0.29) is 5.69 Å². The molecule has 0 unspecified atom stereocenters. The van der Waals surface area contributed by atoms with Crippen LogP contribution in [0, 0.1) is 10.1 Å². The van der Waals surface area contributed by atoms with Crippen LogP contribution in [0.4, 0.5) is 18.9 Å². The normalized spacial score (nSPS) is 11.9. The fourth-order valence-electron chi connectivity index (χ4n) is 1.07. The Balaban J connectivity index is 2.74. The third-order valence-electron chi connectivity index (χ3n) is 1.74. The van der Waals surface area contributed by atoms with E-state index in [1.807, 2.05) is 0 Å². The maximum atomic E-state index is 11.8. The molecule has 0 aliphatic heterocycles. The van der Waals surface area contributed by atoms with Gasteiger partial charge in [0, 0.05) is 12.1 Å². The van der Waals surface area contributed by atoms with Crippen molar-refractivity contribution < 1.29 is 18.1 Å². The first kappa shape index (κ1) is 12.2. The summed E-state index contributed by atoms with van der Waals surface area (Å²) in [6, 6.07) is 5.42. The molecular weight excluding hydrogens is 223 g/mol. The summed E-state index contributed by atoms with van der Waals surface area (Å²) in [5, 5.41) is 10.4. The molecule has 0 atom stereocenters. The van der Waals surface area contributed by atoms with Gasteiger partial charge in [0.15, 0.2) is 0 Å². The number of nitrogens with zero attached hydrogens (tertiary/aromatic N) is 1. The summed E-state index contributed by atoms with van der Waals surface area (Å²) in [6.07, 6.45) is -3.16. The summed E-state index contributed by atoms with van der Waals surface area (Å²) in [7, 11) is 0. The lowest BCUT2D eigenvalue weighted by Crippen LogP contribution is -2.03. The number of hydrogen-bond donors (Lipinski definition) is 0. The van der Waals surface area contributed by atoms with Gasteiger partial charge in [-0.05, 0) is 5.56 Å². The molecule has 0 aromatic heterocycles. The SMILES string of the molecule is O=[N+]([O-])c1cccc(/C=C/CC(F)(F)F)c1. The van der Waals surface area contributed by atoms with E-state index < -0.39 is 17.5 Å². The van der Waals surface area contributed by atoms with E-state index in [1.54, 1.807) is 0 Å². The second-order valence-corrected chi connectivity index (χ2v) is 3.07. The maximum absolute atomic E-state index is 11.8. The topological polar surface area (TPSA) is 43.1 Å². The van der Waals surface area contributed by atoms with E-state index in [0.717, 1.165) is 6.08 Å². The third kappa shape index (κ3) is 4.12. The van der Waals surface area contributed by atoms with Crippen LogP contribution in [-0.2, 0) is 0 Å². The highest BCUT2D eigenvalue weighted by Crippen LogP contribution is 2.21. The van der Waals surface area contributed by atoms with E-state index in [1.165, 1.54) is 30.3 Å². The van der Waals surface area contributed by atoms with Gasteiger partial charge in [0.05, 0.1) is 11.3 Å². The van der Waals surface area contributed by atoms with Crippen LogP contribution < -0.4 is 0 Å². The maximum Gasteiger partial charge on any atom is 0.392 e. The van der Waals surface area contributed by atoms with Crippen LogP contribution in [-0.4, -0.2) is 11.1 Å². The standard InChI is InChI=1S/C10H8F3NO2/c11-10(12,13)6-2-4-8-3-1-5-9(7-8)14(15)16/h1-5,7H,6H2/b4-2+. The lowest BCUT2D eigenvalue weighted by atomic mass is 10.2. The number of halogens is 3. The number of alkyl halides is 3. The summed E-state index contributed by atoms with van der Waals surface area (Å²) in [5.41, 5.74) is 0.229. The molecule has 0 spiro atoms. The number of nitro groups is 1. The number of rotatable bonds is 3. The Hall–Kier alpha value is -1.85. The lowest BCUT2D eigenvalue weighted by Gasteiger charge is -2.00. The molecule has 0 aliphatic rings. The van der Waals surface area contributed by atoms with E-state index in [0.29, 0.717) is 5.56 Å². The number of nitro benzene ring substituents is 1. The highest BCUT2D eigenvalue weighted by molar-refractivity contribution is 5.53. The molecule has 0 aliphatic carbocycles. The molecule has 0 saturated heterocycles. The van der Waals surface area contributed by atoms with Gasteiger partial charge in [-0.3, -0.25) is 10.1 Å². The van der Waals surface area contributed by atoms with Crippen molar-refractivity contribution in [2.75, 3.05) is 0 Å². The number of benzene rings is 1. The molecule has 0 N–H and O–H groups in total. The van der Waals surface area contributed by atoms with E-state index in [4.69, 9.17) is 0 Å². The van der Waals surface area contributed by atoms with Crippen molar-refractivity contribution in [1.82, 2.24) is 0 Å². The van der Waals surface area contributed by atoms with Gasteiger partial charge in [-0.1, -0.05) is 24.3 Å². The predicted octanol–water partition coefficient (Wildman–Crippen LogP) is 3.56. The minimum atomic E-state index is -4.25. The molecule has 1 rings (SSSR count). The van der Waals surface area contributed by atoms with Crippen LogP contribution in [0.3, 0.4) is 0 Å². The molecule has 1 aromatic rings. The Labute approximate surface area is 89.4 Å². The minimum absolute atomic E-state index is 0.144. The highest BCUT2D eigenvalue weighted by Gasteiger charge is 2.24. The van der Waals surface area contributed by atoms with Gasteiger partial charge in [0.2, 0.25) is 0 Å². The zero-order valence-corrected chi connectivity index (χ0v) is 8.07. The quantitative estimate of drug-likeness (QED) is 0.589. The van der Waals surface area contributed by atoms with Crippen LogP contribution in [0.25, 0.3) is 6.08 Å². The zero-order valence-electron chi connectivity index (χ0n) is 8.07. The van der Waals surface area contributed by atoms with Crippen molar-refractivity contribution in [3.05, 3.63) is 46.0 Å². The van der Waals surface area contributed by atoms with Crippen LogP contribution in [0.1, 0.15) is 12.0 Å². The second-order valence-electron chi connectivity index (χ2n) is 3.07. The summed E-state index contributed by atoms with van der Waals surface area (Å²) in [6.45, 7) is 0. The Morgan fingerprint density at radius 1 is 1.38 bits per heavy atom. The summed E-state index contributed by atoms with van der Waals surface area (Å²) in [4.78, 5) is 9.79. The molecule has 0 saturated carbocycles. The first-order valence-electron chi connectivity index (χ1n) is 4.36. The molecule has 1 aromatic carbocycles. The molecule has 6 heteroatoms. The molecule has 0 amide bonds. The molecule has 16 heavy (non-hydrogen) atoms. The Morgan fingerprint density at radius 2 is 2.06 bits per heavy atom. The smallest absolute Gasteiger partial charge is 0.258 e. The first-order valence-corrected chi connectivity index (χ1v) is 4.36. The van der Waals surface area contributed by atoms with Crippen molar-refractivity contribution in [3.63, 3.8) is 0 Å². The molecule has 3 nitrogen and oxygen atoms in total. The molecule has 0 fully saturated rings. The molecular formula is C10H8F3NO2. The number of non-ortho nitro benzene ring substituents is 1. The average molecular weight is 231 g/mol. The molecule has 86 valence electrons. The molecule has 0 radical (unpaired) electrons. The molecule has 0 heterocycles. The van der Waals surface area contributed by atoms with E-state index >= 15 is 0 Å². The first-order chi connectivity index (χ1) is 7.38. The van der Waals surface area contributed by atoms with E-state index in [2.05, 4.69) is 0 Å². The predicted molar refractivity (Wildman–Crippen MR) is 52.8 cm³/mol. The monoisotopic (exact) mass is 231 g/mol.